The van der Waals surface area contributed by atoms with Crippen molar-refractivity contribution in [2.24, 2.45) is 5.10 Å². The number of anilines is 2. The summed E-state index contributed by atoms with van der Waals surface area (Å²) in [5.74, 6) is 0. The van der Waals surface area contributed by atoms with Gasteiger partial charge in [0, 0.05) is 21.8 Å². The number of aryl methyl sites for hydroxylation is 1. The summed E-state index contributed by atoms with van der Waals surface area (Å²) in [6.07, 6.45) is 2.91. The number of hydrazone groups is 1. The van der Waals surface area contributed by atoms with Crippen molar-refractivity contribution in [2.75, 3.05) is 23.9 Å². The van der Waals surface area contributed by atoms with Gasteiger partial charge >= 0.3 is 12.2 Å². The summed E-state index contributed by atoms with van der Waals surface area (Å²) >= 11 is 2.53. The molecule has 0 radical (unpaired) electrons. The second-order valence-electron chi connectivity index (χ2n) is 8.08. The maximum Gasteiger partial charge on any atom is 0.427 e. The molecule has 10 nitrogen and oxygen atoms in total. The second kappa shape index (κ2) is 12.8. The number of sulfone groups is 1. The third-order valence-corrected chi connectivity index (χ3v) is 9.53. The summed E-state index contributed by atoms with van der Waals surface area (Å²) in [5, 5.41) is 15.1. The molecular weight excluding hydrogens is 548 g/mol. The monoisotopic (exact) mass is 576 g/mol. The van der Waals surface area contributed by atoms with Crippen LogP contribution < -0.4 is 16.5 Å². The molecule has 0 fully saturated rings. The highest BCUT2D eigenvalue weighted by Gasteiger charge is 2.25. The van der Waals surface area contributed by atoms with E-state index in [1.54, 1.807) is 37.4 Å². The van der Waals surface area contributed by atoms with Gasteiger partial charge in [-0.1, -0.05) is 25.5 Å². The van der Waals surface area contributed by atoms with Crippen LogP contribution >= 0.6 is 23.1 Å². The quantitative estimate of drug-likeness (QED) is 0.0773. The molecule has 2 aromatic carbocycles. The van der Waals surface area contributed by atoms with Crippen LogP contribution in [0.3, 0.4) is 0 Å². The number of ether oxygens (including phenoxy) is 1. The SMILES string of the molecule is CCCCOC(=O)NN=Cc1cc(S(=O)(=O)c2cccc(-c3c(C)cc(NC(=O)O)cc3N)c2)c(SC)s1. The van der Waals surface area contributed by atoms with Crippen molar-refractivity contribution >= 4 is 62.7 Å². The lowest BCUT2D eigenvalue weighted by atomic mass is 9.98. The number of hydrogen-bond donors (Lipinski definition) is 4. The van der Waals surface area contributed by atoms with Gasteiger partial charge in [0.25, 0.3) is 0 Å². The minimum atomic E-state index is -3.91. The van der Waals surface area contributed by atoms with Crippen LogP contribution in [0.4, 0.5) is 21.0 Å². The molecule has 3 rings (SSSR count). The maximum absolute atomic E-state index is 13.6. The number of nitrogens with one attached hydrogen (secondary N) is 2. The Kier molecular flexibility index (Phi) is 9.78. The fourth-order valence-corrected chi connectivity index (χ4v) is 7.55. The minimum absolute atomic E-state index is 0.0794. The number of carbonyl (C=O) groups is 2. The largest absolute Gasteiger partial charge is 0.465 e. The Labute approximate surface area is 229 Å². The zero-order valence-electron chi connectivity index (χ0n) is 21.0. The fourth-order valence-electron chi connectivity index (χ4n) is 3.61. The number of nitrogens with two attached hydrogens (primary N) is 1. The molecule has 0 bridgehead atoms. The summed E-state index contributed by atoms with van der Waals surface area (Å²) in [7, 11) is -3.91. The van der Waals surface area contributed by atoms with E-state index in [0.717, 1.165) is 12.8 Å². The van der Waals surface area contributed by atoms with Crippen molar-refractivity contribution in [3.05, 3.63) is 52.9 Å². The van der Waals surface area contributed by atoms with Gasteiger partial charge in [0.2, 0.25) is 9.84 Å². The third-order valence-electron chi connectivity index (χ3n) is 5.29. The molecule has 13 heteroatoms. The van der Waals surface area contributed by atoms with Gasteiger partial charge < -0.3 is 15.6 Å². The first kappa shape index (κ1) is 29.0. The molecule has 3 aromatic rings. The number of thiophene rings is 1. The molecule has 0 unspecified atom stereocenters. The molecule has 0 spiro atoms. The summed E-state index contributed by atoms with van der Waals surface area (Å²) in [6, 6.07) is 11.1. The Morgan fingerprint density at radius 3 is 2.66 bits per heavy atom. The van der Waals surface area contributed by atoms with Crippen LogP contribution in [-0.2, 0) is 14.6 Å². The third kappa shape index (κ3) is 7.05. The predicted octanol–water partition coefficient (Wildman–Crippen LogP) is 5.81. The number of benzene rings is 2. The van der Waals surface area contributed by atoms with Crippen LogP contribution in [0.25, 0.3) is 11.1 Å². The van der Waals surface area contributed by atoms with Crippen LogP contribution in [0.1, 0.15) is 30.2 Å². The normalized spacial score (nSPS) is 11.4. The number of hydrogen-bond acceptors (Lipinski definition) is 9. The van der Waals surface area contributed by atoms with Gasteiger partial charge in [-0.3, -0.25) is 5.32 Å². The van der Waals surface area contributed by atoms with Crippen LogP contribution in [-0.4, -0.2) is 44.8 Å². The summed E-state index contributed by atoms with van der Waals surface area (Å²) in [5.41, 5.74) is 11.0. The van der Waals surface area contributed by atoms with Crippen molar-refractivity contribution in [1.82, 2.24) is 5.43 Å². The van der Waals surface area contributed by atoms with Gasteiger partial charge in [0.15, 0.2) is 0 Å². The van der Waals surface area contributed by atoms with Crippen molar-refractivity contribution in [1.29, 1.82) is 0 Å². The summed E-state index contributed by atoms with van der Waals surface area (Å²) < 4.78 is 32.8. The number of nitrogens with zero attached hydrogens (tertiary/aromatic N) is 1. The first-order chi connectivity index (χ1) is 18.1. The second-order valence-corrected chi connectivity index (χ2v) is 12.2. The minimum Gasteiger partial charge on any atom is -0.465 e. The van der Waals surface area contributed by atoms with Crippen molar-refractivity contribution in [2.45, 2.75) is 40.7 Å². The first-order valence-electron chi connectivity index (χ1n) is 11.5. The highest BCUT2D eigenvalue weighted by Crippen LogP contribution is 2.38. The topological polar surface area (TPSA) is 160 Å². The number of carboxylic acid groups (broad SMARTS) is 1. The summed E-state index contributed by atoms with van der Waals surface area (Å²) in [4.78, 5) is 23.4. The molecule has 0 aliphatic heterocycles. The number of amides is 2. The molecule has 0 aliphatic rings. The van der Waals surface area contributed by atoms with E-state index in [-0.39, 0.29) is 9.79 Å². The standard InChI is InChI=1S/C25H28N4O6S3/c1-4-5-9-35-25(32)29-27-14-18-13-21(23(36-3)37-18)38(33,34)19-8-6-7-16(11-19)22-15(2)10-17(12-20(22)26)28-24(30)31/h6-8,10-14,28H,4-5,9,26H2,1-3H3,(H,29,32)(H,30,31). The number of nitrogen functional groups attached to an aromatic ring is 1. The summed E-state index contributed by atoms with van der Waals surface area (Å²) in [6.45, 7) is 4.05. The molecule has 0 aliphatic carbocycles. The molecule has 202 valence electrons. The highest BCUT2D eigenvalue weighted by molar-refractivity contribution is 8.01. The molecule has 38 heavy (non-hydrogen) atoms. The molecule has 0 atom stereocenters. The van der Waals surface area contributed by atoms with E-state index < -0.39 is 22.0 Å². The van der Waals surface area contributed by atoms with E-state index in [1.165, 1.54) is 47.5 Å². The maximum atomic E-state index is 13.6. The van der Waals surface area contributed by atoms with Crippen LogP contribution in [0.2, 0.25) is 0 Å². The molecule has 5 N–H and O–H groups in total. The van der Waals surface area contributed by atoms with Crippen molar-refractivity contribution < 1.29 is 27.9 Å². The van der Waals surface area contributed by atoms with E-state index in [1.807, 2.05) is 6.92 Å². The Hall–Kier alpha value is -3.55. The molecule has 1 heterocycles. The average Bonchev–Trinajstić information content (AvgIpc) is 3.28. The molecule has 2 amide bonds. The lowest BCUT2D eigenvalue weighted by molar-refractivity contribution is 0.145. The lowest BCUT2D eigenvalue weighted by Crippen LogP contribution is -2.19. The zero-order chi connectivity index (χ0) is 27.9. The van der Waals surface area contributed by atoms with E-state index in [9.17, 15) is 18.0 Å². The number of carbonyl (C=O) groups excluding carboxylic acids is 1. The molecule has 0 saturated carbocycles. The van der Waals surface area contributed by atoms with E-state index in [2.05, 4.69) is 15.8 Å². The van der Waals surface area contributed by atoms with Gasteiger partial charge in [0.1, 0.15) is 0 Å². The fraction of sp³-hybridized carbons (Fsp3) is 0.240. The van der Waals surface area contributed by atoms with Crippen LogP contribution in [0, 0.1) is 6.92 Å². The Morgan fingerprint density at radius 1 is 1.24 bits per heavy atom. The Morgan fingerprint density at radius 2 is 2.00 bits per heavy atom. The van der Waals surface area contributed by atoms with Gasteiger partial charge in [-0.15, -0.1) is 23.1 Å². The lowest BCUT2D eigenvalue weighted by Gasteiger charge is -2.14. The average molecular weight is 577 g/mol. The zero-order valence-corrected chi connectivity index (χ0v) is 23.4. The van der Waals surface area contributed by atoms with Crippen LogP contribution in [0.5, 0.6) is 0 Å². The molecule has 1 aromatic heterocycles. The highest BCUT2D eigenvalue weighted by atomic mass is 32.2. The van der Waals surface area contributed by atoms with E-state index >= 15 is 0 Å². The predicted molar refractivity (Wildman–Crippen MR) is 151 cm³/mol. The smallest absolute Gasteiger partial charge is 0.427 e. The van der Waals surface area contributed by atoms with E-state index in [0.29, 0.717) is 43.8 Å². The Bertz CT molecular complexity index is 1440. The molecule has 0 saturated heterocycles. The van der Waals surface area contributed by atoms with Gasteiger partial charge in [-0.05, 0) is 61.1 Å². The Balaban J connectivity index is 1.90. The van der Waals surface area contributed by atoms with Gasteiger partial charge in [-0.25, -0.2) is 23.4 Å². The number of rotatable bonds is 10. The van der Waals surface area contributed by atoms with Crippen LogP contribution in [0.15, 0.2) is 61.6 Å². The van der Waals surface area contributed by atoms with Crippen molar-refractivity contribution in [3.63, 3.8) is 0 Å². The number of thioether (sulfide) groups is 1. The van der Waals surface area contributed by atoms with Crippen molar-refractivity contribution in [3.8, 4) is 11.1 Å². The number of unbranched alkanes of at least 4 members (excludes halogenated alkanes) is 1. The van der Waals surface area contributed by atoms with Gasteiger partial charge in [0.05, 0.1) is 26.8 Å². The molecular formula is C25H28N4O6S3. The van der Waals surface area contributed by atoms with Gasteiger partial charge in [-0.2, -0.15) is 5.10 Å². The van der Waals surface area contributed by atoms with E-state index in [4.69, 9.17) is 15.6 Å². The first-order valence-corrected chi connectivity index (χ1v) is 15.0.